The Bertz CT molecular complexity index is 580. The molecule has 0 radical (unpaired) electrons. The Morgan fingerprint density at radius 1 is 0.556 bits per heavy atom. The third-order valence-corrected chi connectivity index (χ3v) is 3.24. The summed E-state index contributed by atoms with van der Waals surface area (Å²) < 4.78 is 0. The highest BCUT2D eigenvalue weighted by molar-refractivity contribution is 5.95. The van der Waals surface area contributed by atoms with Crippen LogP contribution in [0.4, 0.5) is 0 Å². The van der Waals surface area contributed by atoms with Crippen LogP contribution in [-0.2, 0) is 19.2 Å². The number of hydrogen-bond acceptors (Lipinski definition) is 4. The lowest BCUT2D eigenvalue weighted by Crippen LogP contribution is -2.56. The van der Waals surface area contributed by atoms with E-state index in [0.717, 1.165) is 0 Å². The zero-order chi connectivity index (χ0) is 21.3. The van der Waals surface area contributed by atoms with E-state index in [-0.39, 0.29) is 28.7 Å². The van der Waals surface area contributed by atoms with Gasteiger partial charge in [0.05, 0.1) is 0 Å². The molecule has 0 aliphatic carbocycles. The smallest absolute Gasteiger partial charge is 0.247 e. The Kier molecular flexibility index (Phi) is 9.49. The largest absolute Gasteiger partial charge is 0.332 e. The van der Waals surface area contributed by atoms with Crippen LogP contribution in [0.15, 0.2) is 48.6 Å². The van der Waals surface area contributed by atoms with Gasteiger partial charge in [-0.1, -0.05) is 26.3 Å². The maximum atomic E-state index is 12.0. The molecule has 0 spiro atoms. The van der Waals surface area contributed by atoms with Gasteiger partial charge in [-0.05, 0) is 27.7 Å². The fourth-order valence-corrected chi connectivity index (χ4v) is 1.67. The van der Waals surface area contributed by atoms with Crippen LogP contribution in [0.5, 0.6) is 0 Å². The molecule has 0 aromatic carbocycles. The monoisotopic (exact) mass is 376 g/mol. The third-order valence-electron chi connectivity index (χ3n) is 3.24. The third kappa shape index (κ3) is 9.20. The summed E-state index contributed by atoms with van der Waals surface area (Å²) in [6, 6.07) is 0. The molecule has 4 N–H and O–H groups in total. The molecule has 0 aromatic rings. The van der Waals surface area contributed by atoms with Crippen molar-refractivity contribution in [3.05, 3.63) is 48.6 Å². The van der Waals surface area contributed by atoms with Crippen LogP contribution in [0.1, 0.15) is 34.1 Å². The predicted molar refractivity (Wildman–Crippen MR) is 104 cm³/mol. The molecule has 8 heteroatoms. The first kappa shape index (κ1) is 23.8. The lowest BCUT2D eigenvalue weighted by molar-refractivity contribution is -0.120. The Morgan fingerprint density at radius 3 is 0.889 bits per heavy atom. The van der Waals surface area contributed by atoms with Gasteiger partial charge in [-0.2, -0.15) is 0 Å². The SMILES string of the molecule is C=C(C)C(=O)NC(CC(NC(=O)C(=C)C)NC(=O)C(=C)C)NC(=O)C(=C)C. The van der Waals surface area contributed by atoms with Crippen LogP contribution in [-0.4, -0.2) is 36.0 Å². The van der Waals surface area contributed by atoms with Crippen molar-refractivity contribution < 1.29 is 19.2 Å². The van der Waals surface area contributed by atoms with Crippen LogP contribution in [0.25, 0.3) is 0 Å². The fourth-order valence-electron chi connectivity index (χ4n) is 1.67. The highest BCUT2D eigenvalue weighted by atomic mass is 16.2. The maximum absolute atomic E-state index is 12.0. The van der Waals surface area contributed by atoms with Crippen molar-refractivity contribution in [2.45, 2.75) is 46.4 Å². The molecule has 148 valence electrons. The molecule has 0 unspecified atom stereocenters. The van der Waals surface area contributed by atoms with Crippen molar-refractivity contribution in [2.75, 3.05) is 0 Å². The summed E-state index contributed by atoms with van der Waals surface area (Å²) in [6.07, 6.45) is -1.84. The van der Waals surface area contributed by atoms with Crippen LogP contribution in [0.3, 0.4) is 0 Å². The molecule has 0 aromatic heterocycles. The number of rotatable bonds is 10. The molecule has 8 nitrogen and oxygen atoms in total. The number of carbonyl (C=O) groups is 4. The van der Waals surface area contributed by atoms with E-state index < -0.39 is 36.0 Å². The van der Waals surface area contributed by atoms with E-state index in [9.17, 15) is 19.2 Å². The standard InChI is InChI=1S/C19H28N4O4/c1-10(2)16(24)20-14(21-17(25)11(3)4)9-15(22-18(26)12(5)6)23-19(27)13(7)8/h14-15H,1,3,5,7,9H2,2,4,6,8H3,(H,20,24)(H,21,25)(H,22,26)(H,23,27). The van der Waals surface area contributed by atoms with Gasteiger partial charge >= 0.3 is 0 Å². The summed E-state index contributed by atoms with van der Waals surface area (Å²) in [5.74, 6) is -1.95. The van der Waals surface area contributed by atoms with Crippen LogP contribution >= 0.6 is 0 Å². The van der Waals surface area contributed by atoms with Crippen molar-refractivity contribution in [3.8, 4) is 0 Å². The average molecular weight is 376 g/mol. The molecule has 27 heavy (non-hydrogen) atoms. The zero-order valence-corrected chi connectivity index (χ0v) is 16.3. The van der Waals surface area contributed by atoms with Crippen LogP contribution in [0, 0.1) is 0 Å². The summed E-state index contributed by atoms with van der Waals surface area (Å²) in [6.45, 7) is 20.2. The predicted octanol–water partition coefficient (Wildman–Crippen LogP) is 0.798. The Labute approximate surface area is 159 Å². The molecular weight excluding hydrogens is 348 g/mol. The molecule has 0 aliphatic rings. The minimum Gasteiger partial charge on any atom is -0.332 e. The Balaban J connectivity index is 5.49. The van der Waals surface area contributed by atoms with Gasteiger partial charge in [-0.15, -0.1) is 0 Å². The highest BCUT2D eigenvalue weighted by Gasteiger charge is 2.23. The zero-order valence-electron chi connectivity index (χ0n) is 16.3. The number of carbonyl (C=O) groups excluding carboxylic acids is 4. The lowest BCUT2D eigenvalue weighted by Gasteiger charge is -2.27. The summed E-state index contributed by atoms with van der Waals surface area (Å²) in [5, 5.41) is 10.3. The Hall–Kier alpha value is -3.16. The molecule has 0 rings (SSSR count). The van der Waals surface area contributed by atoms with Crippen molar-refractivity contribution in [1.29, 1.82) is 0 Å². The number of amides is 4. The molecule has 0 heterocycles. The van der Waals surface area contributed by atoms with Crippen LogP contribution in [0.2, 0.25) is 0 Å². The van der Waals surface area contributed by atoms with Gasteiger partial charge in [0.2, 0.25) is 23.6 Å². The molecule has 4 amide bonds. The summed E-state index contributed by atoms with van der Waals surface area (Å²) in [5.41, 5.74) is 0.937. The molecule has 0 saturated heterocycles. The van der Waals surface area contributed by atoms with E-state index in [4.69, 9.17) is 0 Å². The Morgan fingerprint density at radius 2 is 0.741 bits per heavy atom. The van der Waals surface area contributed by atoms with Gasteiger partial charge in [0.15, 0.2) is 0 Å². The molecule has 0 fully saturated rings. The van der Waals surface area contributed by atoms with E-state index in [1.54, 1.807) is 0 Å². The first-order chi connectivity index (χ1) is 12.3. The van der Waals surface area contributed by atoms with Crippen molar-refractivity contribution >= 4 is 23.6 Å². The molecule has 0 saturated carbocycles. The maximum Gasteiger partial charge on any atom is 0.247 e. The summed E-state index contributed by atoms with van der Waals surface area (Å²) >= 11 is 0. The molecule has 0 bridgehead atoms. The van der Waals surface area contributed by atoms with Gasteiger partial charge in [0.1, 0.15) is 12.3 Å². The lowest BCUT2D eigenvalue weighted by atomic mass is 10.2. The topological polar surface area (TPSA) is 116 Å². The van der Waals surface area contributed by atoms with Gasteiger partial charge in [-0.3, -0.25) is 19.2 Å². The van der Waals surface area contributed by atoms with E-state index in [0.29, 0.717) is 0 Å². The van der Waals surface area contributed by atoms with Gasteiger partial charge in [0, 0.05) is 28.7 Å². The van der Waals surface area contributed by atoms with E-state index in [2.05, 4.69) is 47.6 Å². The minimum atomic E-state index is -0.903. The van der Waals surface area contributed by atoms with Gasteiger partial charge < -0.3 is 21.3 Å². The van der Waals surface area contributed by atoms with Crippen molar-refractivity contribution in [3.63, 3.8) is 0 Å². The summed E-state index contributed by atoms with van der Waals surface area (Å²) in [7, 11) is 0. The molecule has 0 aliphatic heterocycles. The van der Waals surface area contributed by atoms with E-state index >= 15 is 0 Å². The fraction of sp³-hybridized carbons (Fsp3) is 0.368. The van der Waals surface area contributed by atoms with Crippen molar-refractivity contribution in [2.24, 2.45) is 0 Å². The quantitative estimate of drug-likeness (QED) is 0.333. The van der Waals surface area contributed by atoms with Gasteiger partial charge in [0.25, 0.3) is 0 Å². The first-order valence-electron chi connectivity index (χ1n) is 8.20. The van der Waals surface area contributed by atoms with E-state index in [1.165, 1.54) is 27.7 Å². The van der Waals surface area contributed by atoms with Crippen LogP contribution < -0.4 is 21.3 Å². The van der Waals surface area contributed by atoms with Gasteiger partial charge in [-0.25, -0.2) is 0 Å². The number of hydrogen-bond donors (Lipinski definition) is 4. The second-order valence-electron chi connectivity index (χ2n) is 6.36. The number of nitrogens with one attached hydrogen (secondary N) is 4. The first-order valence-corrected chi connectivity index (χ1v) is 8.20. The second-order valence-corrected chi connectivity index (χ2v) is 6.36. The highest BCUT2D eigenvalue weighted by Crippen LogP contribution is 2.02. The normalized spacial score (nSPS) is 10.0. The van der Waals surface area contributed by atoms with Crippen molar-refractivity contribution in [1.82, 2.24) is 21.3 Å². The molecule has 0 atom stereocenters. The molecular formula is C19H28N4O4. The average Bonchev–Trinajstić information content (AvgIpc) is 2.53. The minimum absolute atomic E-state index is 0.0317. The second kappa shape index (κ2) is 10.7. The van der Waals surface area contributed by atoms with E-state index in [1.807, 2.05) is 0 Å². The summed E-state index contributed by atoms with van der Waals surface area (Å²) in [4.78, 5) is 47.8.